The lowest BCUT2D eigenvalue weighted by atomic mass is 10.0. The number of aryl methyl sites for hydroxylation is 1. The molecule has 1 aliphatic rings. The molecule has 1 N–H and O–H groups in total. The third-order valence-electron chi connectivity index (χ3n) is 3.96. The van der Waals surface area contributed by atoms with Gasteiger partial charge in [-0.1, -0.05) is 22.9 Å². The summed E-state index contributed by atoms with van der Waals surface area (Å²) in [5.74, 6) is 2.15. The normalized spacial score (nSPS) is 18.3. The number of nitrogens with zero attached hydrogens (tertiary/aromatic N) is 4. The van der Waals surface area contributed by atoms with E-state index in [0.29, 0.717) is 11.9 Å². The van der Waals surface area contributed by atoms with Crippen molar-refractivity contribution in [2.45, 2.75) is 26.7 Å². The van der Waals surface area contributed by atoms with Gasteiger partial charge in [-0.05, 0) is 49.4 Å². The zero-order valence-corrected chi connectivity index (χ0v) is 14.5. The number of benzene rings is 1. The molecule has 1 aliphatic heterocycles. The standard InChI is InChI=1S/C16H20BrN5/c1-11-4-3-7-22(10-11)15-9-18-21-16(20-15)19-14-6-5-13(17)8-12(14)2/h5-6,8-9,11H,3-4,7,10H2,1-2H3,(H,19,20,21). The van der Waals surface area contributed by atoms with Gasteiger partial charge in [-0.3, -0.25) is 0 Å². The van der Waals surface area contributed by atoms with Crippen LogP contribution in [0.15, 0.2) is 28.9 Å². The van der Waals surface area contributed by atoms with Crippen LogP contribution in [-0.4, -0.2) is 28.3 Å². The van der Waals surface area contributed by atoms with Crippen molar-refractivity contribution in [3.8, 4) is 0 Å². The van der Waals surface area contributed by atoms with Gasteiger partial charge in [0.1, 0.15) is 0 Å². The molecular weight excluding hydrogens is 342 g/mol. The van der Waals surface area contributed by atoms with Gasteiger partial charge in [-0.15, -0.1) is 5.10 Å². The summed E-state index contributed by atoms with van der Waals surface area (Å²) in [5, 5.41) is 11.5. The topological polar surface area (TPSA) is 53.9 Å². The van der Waals surface area contributed by atoms with Crippen molar-refractivity contribution in [1.29, 1.82) is 0 Å². The molecule has 0 saturated carbocycles. The first-order chi connectivity index (χ1) is 10.6. The average molecular weight is 362 g/mol. The smallest absolute Gasteiger partial charge is 0.249 e. The van der Waals surface area contributed by atoms with Crippen LogP contribution in [-0.2, 0) is 0 Å². The van der Waals surface area contributed by atoms with Crippen LogP contribution < -0.4 is 10.2 Å². The molecule has 0 aliphatic carbocycles. The van der Waals surface area contributed by atoms with Crippen LogP contribution in [0.2, 0.25) is 0 Å². The summed E-state index contributed by atoms with van der Waals surface area (Å²) in [7, 11) is 0. The minimum atomic E-state index is 0.543. The van der Waals surface area contributed by atoms with Crippen LogP contribution in [0.1, 0.15) is 25.3 Å². The monoisotopic (exact) mass is 361 g/mol. The Morgan fingerprint density at radius 2 is 2.23 bits per heavy atom. The van der Waals surface area contributed by atoms with E-state index in [2.05, 4.69) is 61.2 Å². The first kappa shape index (κ1) is 15.2. The molecule has 0 radical (unpaired) electrons. The minimum Gasteiger partial charge on any atom is -0.355 e. The van der Waals surface area contributed by atoms with Crippen molar-refractivity contribution in [3.05, 3.63) is 34.4 Å². The zero-order chi connectivity index (χ0) is 15.5. The highest BCUT2D eigenvalue weighted by molar-refractivity contribution is 9.10. The molecule has 0 amide bonds. The van der Waals surface area contributed by atoms with E-state index in [4.69, 9.17) is 0 Å². The molecule has 0 bridgehead atoms. The lowest BCUT2D eigenvalue weighted by molar-refractivity contribution is 0.444. The van der Waals surface area contributed by atoms with Gasteiger partial charge in [0.2, 0.25) is 5.95 Å². The first-order valence-electron chi connectivity index (χ1n) is 7.59. The van der Waals surface area contributed by atoms with Crippen LogP contribution in [0.3, 0.4) is 0 Å². The fourth-order valence-corrected chi connectivity index (χ4v) is 3.26. The molecule has 2 heterocycles. The van der Waals surface area contributed by atoms with Crippen LogP contribution in [0.4, 0.5) is 17.5 Å². The van der Waals surface area contributed by atoms with Gasteiger partial charge in [-0.2, -0.15) is 10.1 Å². The fourth-order valence-electron chi connectivity index (χ4n) is 2.79. The number of halogens is 1. The Balaban J connectivity index is 1.79. The van der Waals surface area contributed by atoms with Crippen molar-refractivity contribution < 1.29 is 0 Å². The van der Waals surface area contributed by atoms with E-state index in [0.717, 1.165) is 34.6 Å². The van der Waals surface area contributed by atoms with Crippen molar-refractivity contribution in [2.75, 3.05) is 23.3 Å². The van der Waals surface area contributed by atoms with Gasteiger partial charge >= 0.3 is 0 Å². The molecule has 116 valence electrons. The van der Waals surface area contributed by atoms with Gasteiger partial charge in [0, 0.05) is 23.2 Å². The van der Waals surface area contributed by atoms with Crippen LogP contribution in [0, 0.1) is 12.8 Å². The van der Waals surface area contributed by atoms with E-state index >= 15 is 0 Å². The SMILES string of the molecule is Cc1cc(Br)ccc1Nc1nncc(N2CCCC(C)C2)n1. The van der Waals surface area contributed by atoms with E-state index in [1.807, 2.05) is 12.1 Å². The van der Waals surface area contributed by atoms with Crippen molar-refractivity contribution in [2.24, 2.45) is 5.92 Å². The average Bonchev–Trinajstić information content (AvgIpc) is 2.50. The summed E-state index contributed by atoms with van der Waals surface area (Å²) in [6.45, 7) is 6.41. The second-order valence-electron chi connectivity index (χ2n) is 5.92. The predicted octanol–water partition coefficient (Wildman–Crippen LogP) is 3.92. The Hall–Kier alpha value is -1.69. The zero-order valence-electron chi connectivity index (χ0n) is 12.9. The van der Waals surface area contributed by atoms with Gasteiger partial charge < -0.3 is 10.2 Å². The molecular formula is C16H20BrN5. The van der Waals surface area contributed by atoms with Crippen molar-refractivity contribution in [3.63, 3.8) is 0 Å². The number of hydrogen-bond acceptors (Lipinski definition) is 5. The second kappa shape index (κ2) is 6.60. The molecule has 1 atom stereocenters. The Kier molecular flexibility index (Phi) is 4.57. The van der Waals surface area contributed by atoms with Gasteiger partial charge in [0.15, 0.2) is 5.82 Å². The molecule has 6 heteroatoms. The maximum absolute atomic E-state index is 4.62. The molecule has 1 aromatic heterocycles. The molecule has 2 aromatic rings. The molecule has 1 aromatic carbocycles. The molecule has 0 spiro atoms. The van der Waals surface area contributed by atoms with Gasteiger partial charge in [-0.25, -0.2) is 0 Å². The highest BCUT2D eigenvalue weighted by atomic mass is 79.9. The van der Waals surface area contributed by atoms with E-state index < -0.39 is 0 Å². The van der Waals surface area contributed by atoms with Gasteiger partial charge in [0.25, 0.3) is 0 Å². The lowest BCUT2D eigenvalue weighted by Gasteiger charge is -2.31. The lowest BCUT2D eigenvalue weighted by Crippen LogP contribution is -2.35. The highest BCUT2D eigenvalue weighted by Gasteiger charge is 2.18. The van der Waals surface area contributed by atoms with Crippen LogP contribution >= 0.6 is 15.9 Å². The van der Waals surface area contributed by atoms with E-state index in [1.165, 1.54) is 12.8 Å². The Morgan fingerprint density at radius 3 is 3.00 bits per heavy atom. The summed E-state index contributed by atoms with van der Waals surface area (Å²) >= 11 is 3.47. The Morgan fingerprint density at radius 1 is 1.36 bits per heavy atom. The number of piperidine rings is 1. The van der Waals surface area contributed by atoms with Crippen molar-refractivity contribution in [1.82, 2.24) is 15.2 Å². The molecule has 22 heavy (non-hydrogen) atoms. The molecule has 5 nitrogen and oxygen atoms in total. The fraction of sp³-hybridized carbons (Fsp3) is 0.438. The van der Waals surface area contributed by atoms with Crippen molar-refractivity contribution >= 4 is 33.4 Å². The number of anilines is 3. The summed E-state index contributed by atoms with van der Waals surface area (Å²) in [6, 6.07) is 6.07. The third kappa shape index (κ3) is 3.55. The Bertz CT molecular complexity index is 661. The van der Waals surface area contributed by atoms with Crippen LogP contribution in [0.25, 0.3) is 0 Å². The predicted molar refractivity (Wildman–Crippen MR) is 92.6 cm³/mol. The third-order valence-corrected chi connectivity index (χ3v) is 4.46. The molecule has 1 saturated heterocycles. The maximum Gasteiger partial charge on any atom is 0.249 e. The largest absolute Gasteiger partial charge is 0.355 e. The van der Waals surface area contributed by atoms with E-state index in [9.17, 15) is 0 Å². The molecule has 3 rings (SSSR count). The number of nitrogens with one attached hydrogen (secondary N) is 1. The highest BCUT2D eigenvalue weighted by Crippen LogP contribution is 2.24. The number of aromatic nitrogens is 3. The quantitative estimate of drug-likeness (QED) is 0.897. The summed E-state index contributed by atoms with van der Waals surface area (Å²) in [6.07, 6.45) is 4.25. The van der Waals surface area contributed by atoms with Gasteiger partial charge in [0.05, 0.1) is 6.20 Å². The summed E-state index contributed by atoms with van der Waals surface area (Å²) < 4.78 is 1.06. The first-order valence-corrected chi connectivity index (χ1v) is 8.39. The molecule has 1 unspecified atom stereocenters. The van der Waals surface area contributed by atoms with Crippen LogP contribution in [0.5, 0.6) is 0 Å². The Labute approximate surface area is 139 Å². The number of rotatable bonds is 3. The number of hydrogen-bond donors (Lipinski definition) is 1. The molecule has 1 fully saturated rings. The summed E-state index contributed by atoms with van der Waals surface area (Å²) in [5.41, 5.74) is 2.13. The van der Waals surface area contributed by atoms with E-state index in [1.54, 1.807) is 6.20 Å². The maximum atomic E-state index is 4.62. The van der Waals surface area contributed by atoms with E-state index in [-0.39, 0.29) is 0 Å². The minimum absolute atomic E-state index is 0.543. The second-order valence-corrected chi connectivity index (χ2v) is 6.83. The summed E-state index contributed by atoms with van der Waals surface area (Å²) in [4.78, 5) is 6.91.